The summed E-state index contributed by atoms with van der Waals surface area (Å²) < 4.78 is 42.2. The Morgan fingerprint density at radius 3 is 2.40 bits per heavy atom. The molecule has 14 nitrogen and oxygen atoms in total. The highest BCUT2D eigenvalue weighted by molar-refractivity contribution is 7.98. The summed E-state index contributed by atoms with van der Waals surface area (Å²) in [5, 5.41) is 10.2. The molecule has 3 fully saturated rings. The van der Waals surface area contributed by atoms with Crippen molar-refractivity contribution in [3.8, 4) is 23.3 Å². The molecule has 5 heterocycles. The largest absolute Gasteiger partial charge is 0.453 e. The van der Waals surface area contributed by atoms with Gasteiger partial charge in [-0.3, -0.25) is 19.1 Å². The van der Waals surface area contributed by atoms with Gasteiger partial charge in [0, 0.05) is 57.1 Å². The zero-order chi connectivity index (χ0) is 40.2. The van der Waals surface area contributed by atoms with E-state index in [-0.39, 0.29) is 40.1 Å². The van der Waals surface area contributed by atoms with Gasteiger partial charge in [0.05, 0.1) is 41.2 Å². The molecule has 3 N–H and O–H groups in total. The number of nitriles is 1. The average molecular weight is 808 g/mol. The number of nitrogens with one attached hydrogen (secondary N) is 1. The maximum atomic E-state index is 15.1. The Hall–Kier alpha value is -5.83. The molecule has 0 bridgehead atoms. The quantitative estimate of drug-likeness (QED) is 0.131. The number of benzene rings is 3. The van der Waals surface area contributed by atoms with Gasteiger partial charge in [0.15, 0.2) is 11.6 Å². The van der Waals surface area contributed by atoms with E-state index in [0.717, 1.165) is 51.9 Å². The number of amides is 1. The first-order valence-electron chi connectivity index (χ1n) is 19.5. The highest BCUT2D eigenvalue weighted by Crippen LogP contribution is 2.36. The number of anilines is 3. The molecular formula is C41H43F2N11O3S. The number of likely N-dealkylation sites (tertiary alicyclic amines) is 1. The van der Waals surface area contributed by atoms with Crippen molar-refractivity contribution in [1.82, 2.24) is 33.6 Å². The zero-order valence-electron chi connectivity index (χ0n) is 31.8. The second-order valence-electron chi connectivity index (χ2n) is 14.7. The van der Waals surface area contributed by atoms with Crippen LogP contribution in [0, 0.1) is 23.0 Å². The summed E-state index contributed by atoms with van der Waals surface area (Å²) in [6.07, 6.45) is 9.43. The number of carbonyl (C=O) groups excluding carboxylic acids is 1. The molecule has 1 amide bonds. The molecule has 3 aliphatic rings. The summed E-state index contributed by atoms with van der Waals surface area (Å²) in [4.78, 5) is 46.4. The molecule has 0 atom stereocenters. The first-order chi connectivity index (χ1) is 28.2. The third kappa shape index (κ3) is 8.54. The molecule has 3 aliphatic heterocycles. The predicted molar refractivity (Wildman–Crippen MR) is 219 cm³/mol. The lowest BCUT2D eigenvalue weighted by atomic mass is 9.89. The van der Waals surface area contributed by atoms with E-state index in [4.69, 9.17) is 10.5 Å². The molecule has 2 aromatic heterocycles. The number of halogens is 2. The fraction of sp³-hybridized carbons (Fsp3) is 0.366. The van der Waals surface area contributed by atoms with E-state index < -0.39 is 11.4 Å². The molecule has 3 saturated heterocycles. The van der Waals surface area contributed by atoms with Gasteiger partial charge in [-0.05, 0) is 92.7 Å². The van der Waals surface area contributed by atoms with Crippen LogP contribution in [0.4, 0.5) is 26.1 Å². The van der Waals surface area contributed by atoms with Gasteiger partial charge in [-0.2, -0.15) is 5.26 Å². The van der Waals surface area contributed by atoms with Crippen molar-refractivity contribution < 1.29 is 18.3 Å². The van der Waals surface area contributed by atoms with Gasteiger partial charge in [0.1, 0.15) is 29.5 Å². The molecule has 0 radical (unpaired) electrons. The number of ether oxygens (including phenoxy) is 1. The third-order valence-corrected chi connectivity index (χ3v) is 11.9. The summed E-state index contributed by atoms with van der Waals surface area (Å²) in [5.74, 6) is -0.395. The number of nitrogens with zero attached hydrogens (tertiary/aromatic N) is 9. The summed E-state index contributed by atoms with van der Waals surface area (Å²) in [7, 11) is 0. The monoisotopic (exact) mass is 807 g/mol. The first-order valence-corrected chi connectivity index (χ1v) is 20.2. The number of rotatable bonds is 10. The summed E-state index contributed by atoms with van der Waals surface area (Å²) in [6.45, 7) is 5.75. The molecular weight excluding hydrogens is 765 g/mol. The lowest BCUT2D eigenvalue weighted by Gasteiger charge is -2.37. The first kappa shape index (κ1) is 39.0. The third-order valence-electron chi connectivity index (χ3n) is 11.0. The van der Waals surface area contributed by atoms with E-state index in [1.165, 1.54) is 53.7 Å². The van der Waals surface area contributed by atoms with Crippen molar-refractivity contribution >= 4 is 46.3 Å². The minimum absolute atomic E-state index is 0.0140. The molecule has 0 saturated carbocycles. The fourth-order valence-corrected chi connectivity index (χ4v) is 8.55. The Labute approximate surface area is 338 Å². The van der Waals surface area contributed by atoms with E-state index in [1.54, 1.807) is 36.7 Å². The maximum Gasteiger partial charge on any atom is 0.266 e. The summed E-state index contributed by atoms with van der Waals surface area (Å²) in [6, 6.07) is 14.3. The van der Waals surface area contributed by atoms with E-state index in [0.29, 0.717) is 66.8 Å². The minimum Gasteiger partial charge on any atom is -0.453 e. The Kier molecular flexibility index (Phi) is 11.7. The van der Waals surface area contributed by atoms with Gasteiger partial charge >= 0.3 is 0 Å². The number of fused-ring (bicyclic) bond motifs is 1. The Morgan fingerprint density at radius 1 is 0.914 bits per heavy atom. The lowest BCUT2D eigenvalue weighted by molar-refractivity contribution is -0.133. The van der Waals surface area contributed by atoms with E-state index in [1.807, 2.05) is 9.80 Å². The normalized spacial score (nSPS) is 17.0. The second kappa shape index (κ2) is 17.3. The lowest BCUT2D eigenvalue weighted by Crippen LogP contribution is -2.52. The topological polar surface area (TPSA) is 162 Å². The van der Waals surface area contributed by atoms with Crippen LogP contribution in [0.5, 0.6) is 11.5 Å². The highest BCUT2D eigenvalue weighted by Gasteiger charge is 2.28. The number of piperazine rings is 1. The van der Waals surface area contributed by atoms with E-state index in [2.05, 4.69) is 34.9 Å². The minimum atomic E-state index is -0.708. The van der Waals surface area contributed by atoms with Gasteiger partial charge < -0.3 is 25.0 Å². The number of piperidine rings is 2. The molecule has 0 aliphatic carbocycles. The Balaban J connectivity index is 0.880. The number of aromatic nitrogens is 4. The summed E-state index contributed by atoms with van der Waals surface area (Å²) >= 11 is 1.38. The van der Waals surface area contributed by atoms with Crippen molar-refractivity contribution in [3.63, 3.8) is 0 Å². The van der Waals surface area contributed by atoms with Crippen LogP contribution in [0.2, 0.25) is 0 Å². The number of nitrogen functional groups attached to an aromatic ring is 1. The van der Waals surface area contributed by atoms with Crippen LogP contribution in [0.3, 0.4) is 0 Å². The number of hydrogen-bond acceptors (Lipinski definition) is 13. The van der Waals surface area contributed by atoms with Crippen LogP contribution in [0.15, 0.2) is 72.0 Å². The maximum absolute atomic E-state index is 15.1. The van der Waals surface area contributed by atoms with Crippen LogP contribution < -0.4 is 25.7 Å². The van der Waals surface area contributed by atoms with Crippen LogP contribution >= 0.6 is 12.1 Å². The molecule has 0 spiro atoms. The van der Waals surface area contributed by atoms with Crippen molar-refractivity contribution in [2.45, 2.75) is 38.0 Å². The summed E-state index contributed by atoms with van der Waals surface area (Å²) in [5.41, 5.74) is 7.66. The second-order valence-corrected chi connectivity index (χ2v) is 15.6. The van der Waals surface area contributed by atoms with Gasteiger partial charge in [-0.25, -0.2) is 28.0 Å². The predicted octanol–water partition coefficient (Wildman–Crippen LogP) is 5.69. The van der Waals surface area contributed by atoms with Gasteiger partial charge in [0.2, 0.25) is 11.9 Å². The zero-order valence-corrected chi connectivity index (χ0v) is 32.6. The number of hydrogen-bond donors (Lipinski definition) is 2. The van der Waals surface area contributed by atoms with Crippen molar-refractivity contribution in [1.29, 1.82) is 5.26 Å². The Bertz CT molecular complexity index is 2390. The number of carbonyl (C=O) groups is 1. The molecule has 300 valence electrons. The fourth-order valence-electron chi connectivity index (χ4n) is 7.72. The van der Waals surface area contributed by atoms with Crippen LogP contribution in [-0.4, -0.2) is 98.4 Å². The van der Waals surface area contributed by atoms with Gasteiger partial charge in [-0.15, -0.1) is 0 Å². The number of nitrogens with two attached hydrogens (primary N) is 1. The van der Waals surface area contributed by atoms with Crippen molar-refractivity contribution in [2.75, 3.05) is 74.3 Å². The van der Waals surface area contributed by atoms with Crippen LogP contribution in [0.1, 0.15) is 49.1 Å². The van der Waals surface area contributed by atoms with E-state index >= 15 is 4.39 Å². The smallest absolute Gasteiger partial charge is 0.266 e. The highest BCUT2D eigenvalue weighted by atomic mass is 32.2. The van der Waals surface area contributed by atoms with Crippen LogP contribution in [-0.2, 0) is 4.79 Å². The van der Waals surface area contributed by atoms with Gasteiger partial charge in [0.25, 0.3) is 5.56 Å². The molecule has 8 rings (SSSR count). The van der Waals surface area contributed by atoms with E-state index in [9.17, 15) is 19.2 Å². The molecule has 17 heteroatoms. The SMILES string of the molecule is N#Cc1c(NSN2CCCCC2)ccc(F)c1Oc1ccc2ncn(-c3cnc(N4CCN(C(=O)CN5CCC(c6ccc(N)cc6F)CC5)CC4)nc3)c(=O)c2c1. The molecule has 3 aromatic carbocycles. The Morgan fingerprint density at radius 2 is 1.67 bits per heavy atom. The van der Waals surface area contributed by atoms with Crippen molar-refractivity contribution in [3.05, 3.63) is 100 Å². The average Bonchev–Trinajstić information content (AvgIpc) is 3.25. The molecule has 58 heavy (non-hydrogen) atoms. The molecule has 0 unspecified atom stereocenters. The van der Waals surface area contributed by atoms with Crippen LogP contribution in [0.25, 0.3) is 16.6 Å². The standard InChI is InChI=1S/C41H43F2N11O3S/c42-34-7-9-37(49-58-53-12-2-1-3-13-53)33(22-44)39(34)57-30-5-8-36-32(21-30)40(56)54(26-48-36)29-23-46-41(47-24-29)52-18-16-51(17-19-52)38(55)25-50-14-10-27(11-15-50)31-6-4-28(45)20-35(31)43/h4-9,20-21,23-24,26-27,49H,1-3,10-19,25,45H2. The van der Waals surface area contributed by atoms with Gasteiger partial charge in [-0.1, -0.05) is 12.5 Å². The van der Waals surface area contributed by atoms with Crippen molar-refractivity contribution in [2.24, 2.45) is 0 Å². The molecule has 5 aromatic rings.